The Hall–Kier alpha value is -1.00. The number of Topliss-reactive ketones (excluding diaryl/α,β-unsaturated/α-hetero) is 1. The van der Waals surface area contributed by atoms with Crippen molar-refractivity contribution in [2.75, 3.05) is 24.7 Å². The smallest absolute Gasteiger partial charge is 0.196 e. The standard InChI is InChI=1S/C13H16O3S/c1-2-15-11-6-4-3-5-10(11)13(14)12-9-17-8-7-16-12/h3-6,12H,2,7-9H2,1H3. The van der Waals surface area contributed by atoms with Gasteiger partial charge in [0.05, 0.1) is 18.8 Å². The molecule has 1 fully saturated rings. The van der Waals surface area contributed by atoms with Gasteiger partial charge < -0.3 is 9.47 Å². The SMILES string of the molecule is CCOc1ccccc1C(=O)C1CSCCO1. The van der Waals surface area contributed by atoms with E-state index in [0.717, 1.165) is 11.5 Å². The highest BCUT2D eigenvalue weighted by molar-refractivity contribution is 7.99. The highest BCUT2D eigenvalue weighted by Crippen LogP contribution is 2.23. The maximum Gasteiger partial charge on any atom is 0.196 e. The molecule has 0 spiro atoms. The van der Waals surface area contributed by atoms with E-state index in [1.54, 1.807) is 17.8 Å². The van der Waals surface area contributed by atoms with Crippen molar-refractivity contribution in [3.05, 3.63) is 29.8 Å². The van der Waals surface area contributed by atoms with Crippen LogP contribution in [0, 0.1) is 0 Å². The molecule has 17 heavy (non-hydrogen) atoms. The predicted molar refractivity (Wildman–Crippen MR) is 69.0 cm³/mol. The van der Waals surface area contributed by atoms with Gasteiger partial charge in [-0.05, 0) is 19.1 Å². The van der Waals surface area contributed by atoms with Gasteiger partial charge in [-0.2, -0.15) is 11.8 Å². The summed E-state index contributed by atoms with van der Waals surface area (Å²) in [4.78, 5) is 12.3. The molecule has 1 aliphatic heterocycles. The molecular formula is C13H16O3S. The van der Waals surface area contributed by atoms with Crippen LogP contribution in [0.1, 0.15) is 17.3 Å². The Morgan fingerprint density at radius 2 is 2.35 bits per heavy atom. The Bertz CT molecular complexity index is 386. The molecule has 0 amide bonds. The van der Waals surface area contributed by atoms with Crippen LogP contribution in [0.5, 0.6) is 5.75 Å². The first-order valence-electron chi connectivity index (χ1n) is 5.78. The van der Waals surface area contributed by atoms with E-state index in [1.165, 1.54) is 0 Å². The zero-order chi connectivity index (χ0) is 12.1. The van der Waals surface area contributed by atoms with Crippen molar-refractivity contribution in [1.82, 2.24) is 0 Å². The van der Waals surface area contributed by atoms with Crippen LogP contribution in [-0.2, 0) is 4.74 Å². The lowest BCUT2D eigenvalue weighted by molar-refractivity contribution is 0.0515. The molecule has 1 heterocycles. The topological polar surface area (TPSA) is 35.5 Å². The van der Waals surface area contributed by atoms with Crippen LogP contribution in [0.2, 0.25) is 0 Å². The molecule has 2 rings (SSSR count). The predicted octanol–water partition coefficient (Wildman–Crippen LogP) is 2.40. The number of thioether (sulfide) groups is 1. The van der Waals surface area contributed by atoms with Crippen LogP contribution in [-0.4, -0.2) is 36.6 Å². The number of rotatable bonds is 4. The van der Waals surface area contributed by atoms with Gasteiger partial charge in [-0.15, -0.1) is 0 Å². The fourth-order valence-corrected chi connectivity index (χ4v) is 2.61. The molecule has 0 bridgehead atoms. The molecule has 0 N–H and O–H groups in total. The quantitative estimate of drug-likeness (QED) is 0.771. The molecule has 1 aromatic rings. The molecular weight excluding hydrogens is 236 g/mol. The van der Waals surface area contributed by atoms with Gasteiger partial charge in [0, 0.05) is 11.5 Å². The van der Waals surface area contributed by atoms with Crippen LogP contribution >= 0.6 is 11.8 Å². The second-order valence-electron chi connectivity index (χ2n) is 3.73. The third-order valence-electron chi connectivity index (χ3n) is 2.56. The molecule has 3 nitrogen and oxygen atoms in total. The average molecular weight is 252 g/mol. The minimum Gasteiger partial charge on any atom is -0.493 e. The van der Waals surface area contributed by atoms with E-state index in [4.69, 9.17) is 9.47 Å². The summed E-state index contributed by atoms with van der Waals surface area (Å²) < 4.78 is 11.0. The van der Waals surface area contributed by atoms with Crippen LogP contribution in [0.25, 0.3) is 0 Å². The minimum atomic E-state index is -0.324. The zero-order valence-electron chi connectivity index (χ0n) is 9.85. The van der Waals surface area contributed by atoms with Gasteiger partial charge in [0.2, 0.25) is 0 Å². The number of ether oxygens (including phenoxy) is 2. The summed E-state index contributed by atoms with van der Waals surface area (Å²) in [5.74, 6) is 2.39. The summed E-state index contributed by atoms with van der Waals surface area (Å²) in [6, 6.07) is 7.35. The summed E-state index contributed by atoms with van der Waals surface area (Å²) in [5.41, 5.74) is 0.627. The van der Waals surface area contributed by atoms with E-state index >= 15 is 0 Å². The van der Waals surface area contributed by atoms with Crippen molar-refractivity contribution in [3.63, 3.8) is 0 Å². The fraction of sp³-hybridized carbons (Fsp3) is 0.462. The number of carbonyl (C=O) groups is 1. The summed E-state index contributed by atoms with van der Waals surface area (Å²) in [6.07, 6.45) is -0.324. The van der Waals surface area contributed by atoms with Crippen molar-refractivity contribution < 1.29 is 14.3 Å². The highest BCUT2D eigenvalue weighted by Gasteiger charge is 2.25. The molecule has 1 aromatic carbocycles. The average Bonchev–Trinajstić information content (AvgIpc) is 2.40. The van der Waals surface area contributed by atoms with Crippen molar-refractivity contribution in [3.8, 4) is 5.75 Å². The lowest BCUT2D eigenvalue weighted by atomic mass is 10.1. The van der Waals surface area contributed by atoms with Crippen molar-refractivity contribution in [1.29, 1.82) is 0 Å². The van der Waals surface area contributed by atoms with Crippen molar-refractivity contribution >= 4 is 17.5 Å². The number of para-hydroxylation sites is 1. The number of ketones is 1. The first kappa shape index (κ1) is 12.5. The Morgan fingerprint density at radius 1 is 1.53 bits per heavy atom. The summed E-state index contributed by atoms with van der Waals surface area (Å²) >= 11 is 1.76. The van der Waals surface area contributed by atoms with Crippen LogP contribution < -0.4 is 4.74 Å². The normalized spacial score (nSPS) is 19.9. The van der Waals surface area contributed by atoms with Gasteiger partial charge in [-0.3, -0.25) is 4.79 Å². The zero-order valence-corrected chi connectivity index (χ0v) is 10.7. The number of carbonyl (C=O) groups excluding carboxylic acids is 1. The van der Waals surface area contributed by atoms with E-state index in [0.29, 0.717) is 24.5 Å². The molecule has 4 heteroatoms. The molecule has 92 valence electrons. The van der Waals surface area contributed by atoms with E-state index in [-0.39, 0.29) is 11.9 Å². The van der Waals surface area contributed by atoms with E-state index < -0.39 is 0 Å². The summed E-state index contributed by atoms with van der Waals surface area (Å²) in [5, 5.41) is 0. The first-order chi connectivity index (χ1) is 8.33. The number of hydrogen-bond acceptors (Lipinski definition) is 4. The number of hydrogen-bond donors (Lipinski definition) is 0. The van der Waals surface area contributed by atoms with Gasteiger partial charge >= 0.3 is 0 Å². The maximum atomic E-state index is 12.3. The molecule has 1 aliphatic rings. The molecule has 0 radical (unpaired) electrons. The number of benzene rings is 1. The molecule has 0 saturated carbocycles. The molecule has 1 saturated heterocycles. The Morgan fingerprint density at radius 3 is 3.06 bits per heavy atom. The first-order valence-corrected chi connectivity index (χ1v) is 6.93. The highest BCUT2D eigenvalue weighted by atomic mass is 32.2. The lowest BCUT2D eigenvalue weighted by Gasteiger charge is -2.21. The monoisotopic (exact) mass is 252 g/mol. The molecule has 1 unspecified atom stereocenters. The van der Waals surface area contributed by atoms with Crippen LogP contribution in [0.4, 0.5) is 0 Å². The maximum absolute atomic E-state index is 12.3. The Balaban J connectivity index is 2.17. The van der Waals surface area contributed by atoms with Crippen LogP contribution in [0.15, 0.2) is 24.3 Å². The van der Waals surface area contributed by atoms with E-state index in [9.17, 15) is 4.79 Å². The Labute approximate surface area is 105 Å². The van der Waals surface area contributed by atoms with Crippen molar-refractivity contribution in [2.24, 2.45) is 0 Å². The van der Waals surface area contributed by atoms with E-state index in [1.807, 2.05) is 25.1 Å². The summed E-state index contributed by atoms with van der Waals surface area (Å²) in [7, 11) is 0. The van der Waals surface area contributed by atoms with Gasteiger partial charge in [0.1, 0.15) is 11.9 Å². The second kappa shape index (κ2) is 6.07. The fourth-order valence-electron chi connectivity index (χ4n) is 1.76. The lowest BCUT2D eigenvalue weighted by Crippen LogP contribution is -2.31. The minimum absolute atomic E-state index is 0.0289. The van der Waals surface area contributed by atoms with Gasteiger partial charge in [-0.25, -0.2) is 0 Å². The van der Waals surface area contributed by atoms with E-state index in [2.05, 4.69) is 0 Å². The van der Waals surface area contributed by atoms with Gasteiger partial charge in [-0.1, -0.05) is 12.1 Å². The Kier molecular flexibility index (Phi) is 4.45. The molecule has 1 atom stereocenters. The molecule has 0 aromatic heterocycles. The third-order valence-corrected chi connectivity index (χ3v) is 3.55. The van der Waals surface area contributed by atoms with Gasteiger partial charge in [0.15, 0.2) is 5.78 Å². The largest absolute Gasteiger partial charge is 0.493 e. The second-order valence-corrected chi connectivity index (χ2v) is 4.88. The van der Waals surface area contributed by atoms with Crippen molar-refractivity contribution in [2.45, 2.75) is 13.0 Å². The molecule has 0 aliphatic carbocycles. The third kappa shape index (κ3) is 3.01. The van der Waals surface area contributed by atoms with Crippen LogP contribution in [0.3, 0.4) is 0 Å². The van der Waals surface area contributed by atoms with Gasteiger partial charge in [0.25, 0.3) is 0 Å². The summed E-state index contributed by atoms with van der Waals surface area (Å²) in [6.45, 7) is 3.12.